The maximum atomic E-state index is 11.0. The summed E-state index contributed by atoms with van der Waals surface area (Å²) in [5.74, 6) is 0.822. The minimum Gasteiger partial charge on any atom is -0.488 e. The van der Waals surface area contributed by atoms with E-state index in [1.54, 1.807) is 0 Å². The van der Waals surface area contributed by atoms with Crippen LogP contribution in [-0.2, 0) is 20.9 Å². The first-order valence-electron chi connectivity index (χ1n) is 5.84. The van der Waals surface area contributed by atoms with Crippen LogP contribution in [0.4, 0.5) is 0 Å². The van der Waals surface area contributed by atoms with Gasteiger partial charge >= 0.3 is 0 Å². The molecule has 1 aromatic carbocycles. The molecule has 2 rings (SSSR count). The van der Waals surface area contributed by atoms with Gasteiger partial charge in [0.25, 0.3) is 0 Å². The summed E-state index contributed by atoms with van der Waals surface area (Å²) in [7, 11) is 0. The zero-order valence-corrected chi connectivity index (χ0v) is 10.6. The Morgan fingerprint density at radius 1 is 1.28 bits per heavy atom. The lowest BCUT2D eigenvalue weighted by atomic mass is 9.89. The highest BCUT2D eigenvalue weighted by molar-refractivity contribution is 5.72. The van der Waals surface area contributed by atoms with Crippen LogP contribution in [0.5, 0.6) is 0 Å². The van der Waals surface area contributed by atoms with Crippen molar-refractivity contribution in [3.63, 3.8) is 0 Å². The van der Waals surface area contributed by atoms with Gasteiger partial charge in [-0.1, -0.05) is 30.3 Å². The third-order valence-electron chi connectivity index (χ3n) is 2.82. The average molecular weight is 244 g/mol. The van der Waals surface area contributed by atoms with E-state index in [2.05, 4.69) is 0 Å². The summed E-state index contributed by atoms with van der Waals surface area (Å²) in [6.07, 6.45) is 4.09. The molecule has 0 fully saturated rings. The molecule has 1 aromatic rings. The number of ether oxygens (including phenoxy) is 2. The van der Waals surface area contributed by atoms with Gasteiger partial charge < -0.3 is 9.47 Å². The van der Waals surface area contributed by atoms with Crippen LogP contribution in [0.15, 0.2) is 54.2 Å². The van der Waals surface area contributed by atoms with Crippen molar-refractivity contribution in [3.05, 3.63) is 59.8 Å². The summed E-state index contributed by atoms with van der Waals surface area (Å²) in [5, 5.41) is 0. The standard InChI is InChI=1S/C15H16O3/c1-15(2)8-9-17-13(10-16)14(15)18-11-12-6-4-3-5-7-12/h3-10H,11H2,1-2H3. The van der Waals surface area contributed by atoms with Gasteiger partial charge in [-0.15, -0.1) is 0 Å². The van der Waals surface area contributed by atoms with Gasteiger partial charge in [0.2, 0.25) is 5.76 Å². The van der Waals surface area contributed by atoms with Gasteiger partial charge in [-0.05, 0) is 25.5 Å². The molecule has 1 aliphatic rings. The smallest absolute Gasteiger partial charge is 0.204 e. The highest BCUT2D eigenvalue weighted by Crippen LogP contribution is 2.35. The molecule has 0 spiro atoms. The number of carbonyl (C=O) groups is 1. The van der Waals surface area contributed by atoms with Crippen LogP contribution in [-0.4, -0.2) is 6.29 Å². The van der Waals surface area contributed by atoms with Crippen LogP contribution in [0.3, 0.4) is 0 Å². The van der Waals surface area contributed by atoms with Crippen molar-refractivity contribution in [2.24, 2.45) is 5.41 Å². The molecule has 0 unspecified atom stereocenters. The molecule has 0 radical (unpaired) electrons. The van der Waals surface area contributed by atoms with E-state index >= 15 is 0 Å². The second kappa shape index (κ2) is 5.08. The molecule has 0 aromatic heterocycles. The molecule has 0 aliphatic carbocycles. The molecule has 94 valence electrons. The molecule has 0 N–H and O–H groups in total. The van der Waals surface area contributed by atoms with Gasteiger partial charge in [-0.2, -0.15) is 0 Å². The van der Waals surface area contributed by atoms with Crippen molar-refractivity contribution in [2.45, 2.75) is 20.5 Å². The van der Waals surface area contributed by atoms with Crippen LogP contribution in [0.2, 0.25) is 0 Å². The maximum absolute atomic E-state index is 11.0. The molecule has 18 heavy (non-hydrogen) atoms. The third-order valence-corrected chi connectivity index (χ3v) is 2.82. The predicted octanol–water partition coefficient (Wildman–Crippen LogP) is 3.18. The first kappa shape index (κ1) is 12.4. The van der Waals surface area contributed by atoms with Crippen molar-refractivity contribution < 1.29 is 14.3 Å². The summed E-state index contributed by atoms with van der Waals surface area (Å²) in [5.41, 5.74) is 0.726. The Kier molecular flexibility index (Phi) is 3.51. The van der Waals surface area contributed by atoms with Crippen LogP contribution in [0.25, 0.3) is 0 Å². The lowest BCUT2D eigenvalue weighted by Gasteiger charge is -2.28. The topological polar surface area (TPSA) is 35.5 Å². The average Bonchev–Trinajstić information content (AvgIpc) is 2.37. The Balaban J connectivity index is 2.15. The van der Waals surface area contributed by atoms with Crippen molar-refractivity contribution >= 4 is 6.29 Å². The molecule has 0 saturated carbocycles. The molecule has 0 saturated heterocycles. The molecule has 1 heterocycles. The monoisotopic (exact) mass is 244 g/mol. The fraction of sp³-hybridized carbons (Fsp3) is 0.267. The lowest BCUT2D eigenvalue weighted by molar-refractivity contribution is -0.107. The lowest BCUT2D eigenvalue weighted by Crippen LogP contribution is -2.20. The number of hydrogen-bond acceptors (Lipinski definition) is 3. The summed E-state index contributed by atoms with van der Waals surface area (Å²) in [4.78, 5) is 11.0. The highest BCUT2D eigenvalue weighted by atomic mass is 16.5. The number of rotatable bonds is 4. The van der Waals surface area contributed by atoms with Crippen LogP contribution < -0.4 is 0 Å². The SMILES string of the molecule is CC1(C)C=COC(C=O)=C1OCc1ccccc1. The Morgan fingerprint density at radius 2 is 2.00 bits per heavy atom. The fourth-order valence-electron chi connectivity index (χ4n) is 1.79. The zero-order chi connectivity index (χ0) is 13.0. The van der Waals surface area contributed by atoms with Gasteiger partial charge in [0.1, 0.15) is 6.61 Å². The minimum atomic E-state index is -0.330. The normalized spacial score (nSPS) is 17.2. The largest absolute Gasteiger partial charge is 0.488 e. The second-order valence-corrected chi connectivity index (χ2v) is 4.73. The summed E-state index contributed by atoms with van der Waals surface area (Å²) < 4.78 is 10.9. The number of allylic oxidation sites excluding steroid dienone is 2. The first-order valence-corrected chi connectivity index (χ1v) is 5.84. The number of aldehydes is 1. The quantitative estimate of drug-likeness (QED) is 0.763. The van der Waals surface area contributed by atoms with Gasteiger partial charge in [0, 0.05) is 5.41 Å². The van der Waals surface area contributed by atoms with Crippen molar-refractivity contribution in [2.75, 3.05) is 0 Å². The van der Waals surface area contributed by atoms with E-state index in [9.17, 15) is 4.79 Å². The van der Waals surface area contributed by atoms with Crippen molar-refractivity contribution in [1.29, 1.82) is 0 Å². The Labute approximate surface area is 107 Å². The van der Waals surface area contributed by atoms with E-state index in [0.29, 0.717) is 18.7 Å². The third kappa shape index (κ3) is 2.62. The number of benzene rings is 1. The molecule has 0 bridgehead atoms. The zero-order valence-electron chi connectivity index (χ0n) is 10.6. The Morgan fingerprint density at radius 3 is 2.67 bits per heavy atom. The Hall–Kier alpha value is -2.03. The highest BCUT2D eigenvalue weighted by Gasteiger charge is 2.30. The van der Waals surface area contributed by atoms with Crippen molar-refractivity contribution in [1.82, 2.24) is 0 Å². The molecule has 0 amide bonds. The van der Waals surface area contributed by atoms with Crippen LogP contribution in [0.1, 0.15) is 19.4 Å². The molecule has 1 aliphatic heterocycles. The predicted molar refractivity (Wildman–Crippen MR) is 68.3 cm³/mol. The summed E-state index contributed by atoms with van der Waals surface area (Å²) in [6, 6.07) is 9.82. The Bertz CT molecular complexity index is 484. The number of hydrogen-bond donors (Lipinski definition) is 0. The van der Waals surface area contributed by atoms with Gasteiger partial charge in [-0.25, -0.2) is 0 Å². The summed E-state index contributed by atoms with van der Waals surface area (Å²) in [6.45, 7) is 4.39. The van der Waals surface area contributed by atoms with E-state index in [4.69, 9.17) is 9.47 Å². The molecule has 3 nitrogen and oxygen atoms in total. The van der Waals surface area contributed by atoms with E-state index < -0.39 is 0 Å². The molecular weight excluding hydrogens is 228 g/mol. The first-order chi connectivity index (χ1) is 8.63. The molecule has 0 atom stereocenters. The fourth-order valence-corrected chi connectivity index (χ4v) is 1.79. The van der Waals surface area contributed by atoms with Gasteiger partial charge in [0.15, 0.2) is 12.0 Å². The summed E-state index contributed by atoms with van der Waals surface area (Å²) >= 11 is 0. The van der Waals surface area contributed by atoms with Gasteiger partial charge in [0.05, 0.1) is 6.26 Å². The maximum Gasteiger partial charge on any atom is 0.204 e. The van der Waals surface area contributed by atoms with E-state index in [-0.39, 0.29) is 11.2 Å². The van der Waals surface area contributed by atoms with E-state index in [1.807, 2.05) is 50.3 Å². The van der Waals surface area contributed by atoms with Crippen LogP contribution >= 0.6 is 0 Å². The molecular formula is C15H16O3. The minimum absolute atomic E-state index is 0.249. The van der Waals surface area contributed by atoms with Crippen molar-refractivity contribution in [3.8, 4) is 0 Å². The van der Waals surface area contributed by atoms with E-state index in [0.717, 1.165) is 5.56 Å². The molecule has 3 heteroatoms. The second-order valence-electron chi connectivity index (χ2n) is 4.73. The number of carbonyl (C=O) groups excluding carboxylic acids is 1. The van der Waals surface area contributed by atoms with E-state index in [1.165, 1.54) is 6.26 Å². The van der Waals surface area contributed by atoms with Crippen LogP contribution in [0, 0.1) is 5.41 Å². The van der Waals surface area contributed by atoms with Gasteiger partial charge in [-0.3, -0.25) is 4.79 Å².